The summed E-state index contributed by atoms with van der Waals surface area (Å²) in [6, 6.07) is -0.383. The Kier molecular flexibility index (Phi) is 9.91. The average Bonchev–Trinajstić information content (AvgIpc) is 2.83. The number of sulfone groups is 1. The summed E-state index contributed by atoms with van der Waals surface area (Å²) < 4.78 is 63.8. The van der Waals surface area contributed by atoms with E-state index >= 15 is 0 Å². The van der Waals surface area contributed by atoms with Gasteiger partial charge in [0.05, 0.1) is 5.25 Å². The zero-order valence-corrected chi connectivity index (χ0v) is 21.6. The van der Waals surface area contributed by atoms with Crippen molar-refractivity contribution in [1.29, 1.82) is 0 Å². The molecule has 3 aliphatic rings. The van der Waals surface area contributed by atoms with E-state index in [0.29, 0.717) is 57.8 Å². The maximum atomic E-state index is 13.2. The number of nitrogens with zero attached hydrogens (tertiary/aromatic N) is 1. The molecule has 0 aromatic carbocycles. The number of hydrogen-bond donors (Lipinski definition) is 1. The van der Waals surface area contributed by atoms with E-state index in [9.17, 15) is 31.2 Å². The first-order valence-corrected chi connectivity index (χ1v) is 15.1. The maximum Gasteiger partial charge on any atom is 0.406 e. The van der Waals surface area contributed by atoms with Gasteiger partial charge in [-0.1, -0.05) is 26.2 Å². The molecule has 3 aliphatic carbocycles. The lowest BCUT2D eigenvalue weighted by Crippen LogP contribution is -2.50. The smallest absolute Gasteiger partial charge is 0.353 e. The summed E-state index contributed by atoms with van der Waals surface area (Å²) in [5.41, 5.74) is 0. The molecule has 3 rings (SSSR count). The van der Waals surface area contributed by atoms with Crippen molar-refractivity contribution in [2.45, 2.75) is 120 Å². The van der Waals surface area contributed by atoms with Crippen molar-refractivity contribution < 1.29 is 31.2 Å². The van der Waals surface area contributed by atoms with Crippen LogP contribution in [0.1, 0.15) is 96.8 Å². The van der Waals surface area contributed by atoms with Crippen LogP contribution in [0.2, 0.25) is 0 Å². The van der Waals surface area contributed by atoms with Gasteiger partial charge in [0.2, 0.25) is 11.8 Å². The second-order valence-corrected chi connectivity index (χ2v) is 13.4. The second kappa shape index (κ2) is 12.3. The van der Waals surface area contributed by atoms with E-state index in [-0.39, 0.29) is 40.8 Å². The van der Waals surface area contributed by atoms with E-state index in [1.807, 2.05) is 0 Å². The van der Waals surface area contributed by atoms with E-state index in [2.05, 4.69) is 5.32 Å². The summed E-state index contributed by atoms with van der Waals surface area (Å²) in [5.74, 6) is -0.506. The number of carbonyl (C=O) groups excluding carboxylic acids is 2. The molecule has 0 heterocycles. The van der Waals surface area contributed by atoms with Crippen LogP contribution in [0.15, 0.2) is 0 Å². The maximum absolute atomic E-state index is 13.2. The van der Waals surface area contributed by atoms with Crippen molar-refractivity contribution in [2.75, 3.05) is 12.3 Å². The summed E-state index contributed by atoms with van der Waals surface area (Å²) in [5, 5.41) is 2.76. The zero-order chi connectivity index (χ0) is 25.6. The predicted octanol–water partition coefficient (Wildman–Crippen LogP) is 4.77. The largest absolute Gasteiger partial charge is 0.406 e. The highest BCUT2D eigenvalue weighted by Crippen LogP contribution is 2.33. The third-order valence-electron chi connectivity index (χ3n) is 8.27. The molecule has 6 nitrogen and oxygen atoms in total. The minimum absolute atomic E-state index is 0.0533. The van der Waals surface area contributed by atoms with Crippen molar-refractivity contribution in [3.8, 4) is 0 Å². The van der Waals surface area contributed by atoms with E-state index in [1.54, 1.807) is 6.92 Å². The van der Waals surface area contributed by atoms with Crippen LogP contribution in [0.25, 0.3) is 0 Å². The number of nitrogens with one attached hydrogen (secondary N) is 1. The van der Waals surface area contributed by atoms with Gasteiger partial charge in [-0.05, 0) is 70.1 Å². The fourth-order valence-corrected chi connectivity index (χ4v) is 7.63. The van der Waals surface area contributed by atoms with Crippen molar-refractivity contribution in [3.63, 3.8) is 0 Å². The predicted molar refractivity (Wildman–Crippen MR) is 128 cm³/mol. The fourth-order valence-electron chi connectivity index (χ4n) is 6.17. The molecule has 0 unspecified atom stereocenters. The highest BCUT2D eigenvalue weighted by Gasteiger charge is 2.40. The lowest BCUT2D eigenvalue weighted by atomic mass is 9.83. The van der Waals surface area contributed by atoms with Crippen LogP contribution < -0.4 is 5.32 Å². The first-order valence-electron chi connectivity index (χ1n) is 13.4. The summed E-state index contributed by atoms with van der Waals surface area (Å²) in [6.07, 6.45) is 4.82. The van der Waals surface area contributed by atoms with Gasteiger partial charge in [0.1, 0.15) is 6.54 Å². The van der Waals surface area contributed by atoms with Crippen LogP contribution in [0, 0.1) is 11.8 Å². The molecular formula is C25H41F3N2O4S. The third-order valence-corrected chi connectivity index (χ3v) is 10.6. The van der Waals surface area contributed by atoms with Gasteiger partial charge in [0.25, 0.3) is 0 Å². The van der Waals surface area contributed by atoms with Crippen molar-refractivity contribution in [1.82, 2.24) is 10.2 Å². The third kappa shape index (κ3) is 8.35. The molecule has 1 N–H and O–H groups in total. The van der Waals surface area contributed by atoms with Crippen molar-refractivity contribution >= 4 is 21.7 Å². The van der Waals surface area contributed by atoms with Gasteiger partial charge in [-0.3, -0.25) is 9.59 Å². The van der Waals surface area contributed by atoms with E-state index in [0.717, 1.165) is 37.0 Å². The molecule has 3 saturated carbocycles. The number of rotatable bonds is 8. The first-order chi connectivity index (χ1) is 16.5. The molecule has 0 atom stereocenters. The molecule has 0 radical (unpaired) electrons. The van der Waals surface area contributed by atoms with Gasteiger partial charge in [-0.25, -0.2) is 8.42 Å². The van der Waals surface area contributed by atoms with Gasteiger partial charge in [0.15, 0.2) is 9.84 Å². The number of alkyl halides is 3. The van der Waals surface area contributed by atoms with Gasteiger partial charge < -0.3 is 10.2 Å². The Morgan fingerprint density at radius 3 is 2.03 bits per heavy atom. The lowest BCUT2D eigenvalue weighted by molar-refractivity contribution is -0.170. The highest BCUT2D eigenvalue weighted by atomic mass is 32.2. The number of hydrogen-bond acceptors (Lipinski definition) is 4. The molecule has 0 saturated heterocycles. The Balaban J connectivity index is 1.44. The molecule has 10 heteroatoms. The fraction of sp³-hybridized carbons (Fsp3) is 0.920. The Morgan fingerprint density at radius 2 is 1.49 bits per heavy atom. The van der Waals surface area contributed by atoms with E-state index in [1.165, 1.54) is 0 Å². The lowest BCUT2D eigenvalue weighted by Gasteiger charge is -2.38. The van der Waals surface area contributed by atoms with E-state index in [4.69, 9.17) is 0 Å². The zero-order valence-electron chi connectivity index (χ0n) is 20.8. The topological polar surface area (TPSA) is 83.5 Å². The number of halogens is 3. The van der Waals surface area contributed by atoms with Gasteiger partial charge >= 0.3 is 6.18 Å². The molecule has 35 heavy (non-hydrogen) atoms. The molecule has 2 amide bonds. The molecule has 202 valence electrons. The molecular weight excluding hydrogens is 481 g/mol. The van der Waals surface area contributed by atoms with Crippen LogP contribution in [-0.4, -0.2) is 60.9 Å². The molecule has 0 aromatic rings. The summed E-state index contributed by atoms with van der Waals surface area (Å²) in [7, 11) is -3.03. The molecule has 0 aromatic heterocycles. The molecule has 0 aliphatic heterocycles. The quantitative estimate of drug-likeness (QED) is 0.498. The normalized spacial score (nSPS) is 28.9. The summed E-state index contributed by atoms with van der Waals surface area (Å²) in [6.45, 7) is 0.496. The molecule has 0 bridgehead atoms. The molecule has 0 spiro atoms. The van der Waals surface area contributed by atoms with Gasteiger partial charge in [0, 0.05) is 30.2 Å². The Labute approximate surface area is 207 Å². The van der Waals surface area contributed by atoms with Crippen LogP contribution in [0.3, 0.4) is 0 Å². The Hall–Kier alpha value is -1.32. The van der Waals surface area contributed by atoms with Crippen LogP contribution in [0.5, 0.6) is 0 Å². The Bertz CT molecular complexity index is 811. The first kappa shape index (κ1) is 28.3. The minimum Gasteiger partial charge on any atom is -0.353 e. The second-order valence-electron chi connectivity index (χ2n) is 10.8. The van der Waals surface area contributed by atoms with Crippen molar-refractivity contribution in [3.05, 3.63) is 0 Å². The monoisotopic (exact) mass is 522 g/mol. The highest BCUT2D eigenvalue weighted by molar-refractivity contribution is 7.92. The van der Waals surface area contributed by atoms with Gasteiger partial charge in [-0.15, -0.1) is 0 Å². The van der Waals surface area contributed by atoms with Crippen molar-refractivity contribution in [2.24, 2.45) is 11.8 Å². The number of amides is 2. The van der Waals surface area contributed by atoms with Crippen LogP contribution in [0.4, 0.5) is 13.2 Å². The average molecular weight is 523 g/mol. The minimum atomic E-state index is -4.40. The van der Waals surface area contributed by atoms with Crippen LogP contribution in [-0.2, 0) is 19.4 Å². The Morgan fingerprint density at radius 1 is 0.886 bits per heavy atom. The van der Waals surface area contributed by atoms with Crippen LogP contribution >= 0.6 is 0 Å². The summed E-state index contributed by atoms with van der Waals surface area (Å²) >= 11 is 0. The molecule has 3 fully saturated rings. The summed E-state index contributed by atoms with van der Waals surface area (Å²) in [4.78, 5) is 26.7. The van der Waals surface area contributed by atoms with Gasteiger partial charge in [-0.2, -0.15) is 13.2 Å². The SMILES string of the molecule is CCS(=O)(=O)C1CCC(CC(=O)NC2CCC(C(=O)N(CC(F)(F)F)C3CCCCC3)CC2)CC1. The number of carbonyl (C=O) groups is 2. The standard InChI is InChI=1S/C25H41F3N2O4S/c1-2-35(33,34)22-14-8-18(9-15-22)16-23(31)29-20-12-10-19(11-13-20)24(32)30(17-25(26,27)28)21-6-4-3-5-7-21/h18-22H,2-17H2,1H3,(H,29,31). The van der Waals surface area contributed by atoms with E-state index < -0.39 is 28.5 Å².